The molecule has 0 atom stereocenters. The Kier molecular flexibility index (Phi) is 6.32. The quantitative estimate of drug-likeness (QED) is 0.619. The number of hydrogen-bond donors (Lipinski definition) is 3. The van der Waals surface area contributed by atoms with Gasteiger partial charge in [-0.3, -0.25) is 0 Å². The summed E-state index contributed by atoms with van der Waals surface area (Å²) in [4.78, 5) is 22.9. The molecular weight excluding hydrogens is 252 g/mol. The Labute approximate surface area is 112 Å². The van der Waals surface area contributed by atoms with E-state index in [1.165, 1.54) is 0 Å². The number of nitrogens with one attached hydrogen (secondary N) is 2. The summed E-state index contributed by atoms with van der Waals surface area (Å²) < 4.78 is 0. The highest BCUT2D eigenvalue weighted by Gasteiger charge is 2.42. The van der Waals surface area contributed by atoms with Gasteiger partial charge in [-0.25, -0.2) is 9.59 Å². The first-order valence-corrected chi connectivity index (χ1v) is 7.63. The molecule has 5 nitrogen and oxygen atoms in total. The van der Waals surface area contributed by atoms with Gasteiger partial charge in [0.25, 0.3) is 0 Å². The molecule has 0 radical (unpaired) electrons. The average Bonchev–Trinajstić information content (AvgIpc) is 2.78. The molecule has 3 N–H and O–H groups in total. The van der Waals surface area contributed by atoms with Crippen molar-refractivity contribution in [2.45, 2.75) is 44.6 Å². The van der Waals surface area contributed by atoms with Gasteiger partial charge in [0.15, 0.2) is 0 Å². The summed E-state index contributed by atoms with van der Waals surface area (Å²) in [6.45, 7) is 2.69. The van der Waals surface area contributed by atoms with Crippen molar-refractivity contribution in [3.05, 3.63) is 0 Å². The molecule has 1 fully saturated rings. The number of amides is 2. The molecule has 1 saturated carbocycles. The summed E-state index contributed by atoms with van der Waals surface area (Å²) in [6.07, 6.45) is 3.69. The fourth-order valence-corrected chi connectivity index (χ4v) is 2.79. The normalized spacial score (nSPS) is 17.4. The van der Waals surface area contributed by atoms with Crippen LogP contribution in [0.3, 0.4) is 0 Å². The molecule has 18 heavy (non-hydrogen) atoms. The summed E-state index contributed by atoms with van der Waals surface area (Å²) in [6, 6.07) is -0.360. The Morgan fingerprint density at radius 3 is 2.56 bits per heavy atom. The maximum Gasteiger partial charge on any atom is 0.329 e. The lowest BCUT2D eigenvalue weighted by Gasteiger charge is -2.25. The molecule has 6 heteroatoms. The van der Waals surface area contributed by atoms with Crippen molar-refractivity contribution >= 4 is 23.8 Å². The largest absolute Gasteiger partial charge is 0.480 e. The van der Waals surface area contributed by atoms with E-state index in [4.69, 9.17) is 0 Å². The van der Waals surface area contributed by atoms with E-state index in [1.807, 2.05) is 11.8 Å². The second kappa shape index (κ2) is 7.51. The highest BCUT2D eigenvalue weighted by atomic mass is 32.2. The van der Waals surface area contributed by atoms with Crippen LogP contribution in [0.1, 0.15) is 39.0 Å². The summed E-state index contributed by atoms with van der Waals surface area (Å²) >= 11 is 1.83. The van der Waals surface area contributed by atoms with Crippen LogP contribution in [0, 0.1) is 0 Å². The van der Waals surface area contributed by atoms with Gasteiger partial charge in [0.1, 0.15) is 5.54 Å². The maximum absolute atomic E-state index is 11.6. The molecule has 2 amide bonds. The van der Waals surface area contributed by atoms with E-state index in [9.17, 15) is 14.7 Å². The first-order valence-electron chi connectivity index (χ1n) is 6.48. The van der Waals surface area contributed by atoms with Gasteiger partial charge in [-0.15, -0.1) is 0 Å². The molecule has 1 aliphatic carbocycles. The minimum Gasteiger partial charge on any atom is -0.480 e. The standard InChI is InChI=1S/C12H22N2O3S/c1-2-18-9-5-8-13-11(17)14-12(10(15)16)6-3-4-7-12/h2-9H2,1H3,(H,15,16)(H2,13,14,17). The highest BCUT2D eigenvalue weighted by molar-refractivity contribution is 7.99. The van der Waals surface area contributed by atoms with Gasteiger partial charge in [0, 0.05) is 6.54 Å². The van der Waals surface area contributed by atoms with Crippen LogP contribution in [0.25, 0.3) is 0 Å². The van der Waals surface area contributed by atoms with Gasteiger partial charge in [0.2, 0.25) is 0 Å². The van der Waals surface area contributed by atoms with Crippen LogP contribution in [-0.4, -0.2) is 40.7 Å². The van der Waals surface area contributed by atoms with Crippen LogP contribution < -0.4 is 10.6 Å². The smallest absolute Gasteiger partial charge is 0.329 e. The lowest BCUT2D eigenvalue weighted by Crippen LogP contribution is -2.55. The lowest BCUT2D eigenvalue weighted by atomic mass is 9.98. The molecule has 0 aromatic heterocycles. The van der Waals surface area contributed by atoms with Crippen molar-refractivity contribution in [3.8, 4) is 0 Å². The van der Waals surface area contributed by atoms with Crippen molar-refractivity contribution in [2.75, 3.05) is 18.1 Å². The van der Waals surface area contributed by atoms with Crippen molar-refractivity contribution < 1.29 is 14.7 Å². The van der Waals surface area contributed by atoms with E-state index in [0.717, 1.165) is 30.8 Å². The monoisotopic (exact) mass is 274 g/mol. The first-order chi connectivity index (χ1) is 8.60. The van der Waals surface area contributed by atoms with Gasteiger partial charge in [-0.05, 0) is 30.8 Å². The van der Waals surface area contributed by atoms with E-state index >= 15 is 0 Å². The average molecular weight is 274 g/mol. The van der Waals surface area contributed by atoms with Crippen LogP contribution in [0.2, 0.25) is 0 Å². The zero-order valence-electron chi connectivity index (χ0n) is 10.8. The molecule has 0 heterocycles. The number of urea groups is 1. The summed E-state index contributed by atoms with van der Waals surface area (Å²) in [7, 11) is 0. The van der Waals surface area contributed by atoms with Gasteiger partial charge in [0.05, 0.1) is 0 Å². The molecular formula is C12H22N2O3S. The number of hydrogen-bond acceptors (Lipinski definition) is 3. The van der Waals surface area contributed by atoms with Crippen molar-refractivity contribution in [1.82, 2.24) is 10.6 Å². The first kappa shape index (κ1) is 15.1. The van der Waals surface area contributed by atoms with Crippen molar-refractivity contribution in [3.63, 3.8) is 0 Å². The molecule has 1 rings (SSSR count). The Balaban J connectivity index is 2.27. The van der Waals surface area contributed by atoms with Crippen LogP contribution in [0.15, 0.2) is 0 Å². The number of carbonyl (C=O) groups is 2. The summed E-state index contributed by atoms with van der Waals surface area (Å²) in [5.41, 5.74) is -1.04. The summed E-state index contributed by atoms with van der Waals surface area (Å²) in [5, 5.41) is 14.6. The van der Waals surface area contributed by atoms with E-state index in [0.29, 0.717) is 19.4 Å². The van der Waals surface area contributed by atoms with Crippen molar-refractivity contribution in [1.29, 1.82) is 0 Å². The summed E-state index contributed by atoms with van der Waals surface area (Å²) in [5.74, 6) is 1.17. The minimum atomic E-state index is -1.04. The van der Waals surface area contributed by atoms with E-state index in [1.54, 1.807) is 0 Å². The second-order valence-corrected chi connectivity index (χ2v) is 5.92. The third kappa shape index (κ3) is 4.40. The molecule has 104 valence electrons. The van der Waals surface area contributed by atoms with Gasteiger partial charge < -0.3 is 15.7 Å². The number of carboxylic acids is 1. The number of carboxylic acid groups (broad SMARTS) is 1. The predicted molar refractivity (Wildman–Crippen MR) is 73.0 cm³/mol. The Morgan fingerprint density at radius 2 is 2.00 bits per heavy atom. The van der Waals surface area contributed by atoms with Crippen LogP contribution in [0.5, 0.6) is 0 Å². The van der Waals surface area contributed by atoms with Crippen LogP contribution in [0.4, 0.5) is 4.79 Å². The molecule has 0 unspecified atom stereocenters. The second-order valence-electron chi connectivity index (χ2n) is 4.53. The Bertz CT molecular complexity index is 291. The third-order valence-corrected chi connectivity index (χ3v) is 4.16. The number of thioether (sulfide) groups is 1. The minimum absolute atomic E-state index is 0.360. The fraction of sp³-hybridized carbons (Fsp3) is 0.833. The van der Waals surface area contributed by atoms with E-state index in [-0.39, 0.29) is 6.03 Å². The van der Waals surface area contributed by atoms with Gasteiger partial charge in [-0.1, -0.05) is 19.8 Å². The Hall–Kier alpha value is -0.910. The van der Waals surface area contributed by atoms with Crippen molar-refractivity contribution in [2.24, 2.45) is 0 Å². The highest BCUT2D eigenvalue weighted by Crippen LogP contribution is 2.29. The lowest BCUT2D eigenvalue weighted by molar-refractivity contribution is -0.144. The third-order valence-electron chi connectivity index (χ3n) is 3.17. The molecule has 0 aromatic rings. The van der Waals surface area contributed by atoms with Gasteiger partial charge in [-0.2, -0.15) is 11.8 Å². The zero-order valence-corrected chi connectivity index (χ0v) is 11.6. The van der Waals surface area contributed by atoms with Crippen LogP contribution in [-0.2, 0) is 4.79 Å². The number of carbonyl (C=O) groups excluding carboxylic acids is 1. The SMILES string of the molecule is CCSCCCNC(=O)NC1(C(=O)O)CCCC1. The molecule has 0 spiro atoms. The molecule has 0 bridgehead atoms. The maximum atomic E-state index is 11.6. The van der Waals surface area contributed by atoms with E-state index in [2.05, 4.69) is 17.6 Å². The topological polar surface area (TPSA) is 78.4 Å². The molecule has 0 saturated heterocycles. The Morgan fingerprint density at radius 1 is 1.33 bits per heavy atom. The predicted octanol–water partition coefficient (Wildman–Crippen LogP) is 1.83. The van der Waals surface area contributed by atoms with Gasteiger partial charge >= 0.3 is 12.0 Å². The van der Waals surface area contributed by atoms with Crippen LogP contribution >= 0.6 is 11.8 Å². The zero-order chi connectivity index (χ0) is 13.4. The molecule has 0 aliphatic heterocycles. The molecule has 1 aliphatic rings. The fourth-order valence-electron chi connectivity index (χ4n) is 2.15. The molecule has 0 aromatic carbocycles. The number of aliphatic carboxylic acids is 1. The van der Waals surface area contributed by atoms with E-state index < -0.39 is 11.5 Å². The number of rotatable bonds is 7.